The molecule has 1 heterocycles. The Labute approximate surface area is 102 Å². The number of fused-ring (bicyclic) bond motifs is 1. The van der Waals surface area contributed by atoms with Crippen molar-refractivity contribution in [2.75, 3.05) is 7.05 Å². The Bertz CT molecular complexity index is 512. The standard InChI is InChI=1S/C15H18N2/c1-16-15(9-11-5-6-11)14-4-2-3-12-10-17-8-7-13(12)14/h2-4,7-8,10-11,15-16H,5-6,9H2,1H3. The van der Waals surface area contributed by atoms with Crippen LogP contribution >= 0.6 is 0 Å². The van der Waals surface area contributed by atoms with E-state index >= 15 is 0 Å². The van der Waals surface area contributed by atoms with Gasteiger partial charge in [-0.15, -0.1) is 0 Å². The van der Waals surface area contributed by atoms with Crippen LogP contribution < -0.4 is 5.32 Å². The number of benzene rings is 1. The second kappa shape index (κ2) is 4.46. The molecule has 0 radical (unpaired) electrons. The van der Waals surface area contributed by atoms with Gasteiger partial charge in [0.15, 0.2) is 0 Å². The van der Waals surface area contributed by atoms with E-state index in [2.05, 4.69) is 41.6 Å². The molecule has 2 aromatic rings. The Balaban J connectivity index is 2.01. The molecule has 1 aliphatic carbocycles. The summed E-state index contributed by atoms with van der Waals surface area (Å²) in [4.78, 5) is 4.19. The zero-order chi connectivity index (χ0) is 11.7. The van der Waals surface area contributed by atoms with Gasteiger partial charge in [0.2, 0.25) is 0 Å². The average molecular weight is 226 g/mol. The Hall–Kier alpha value is -1.41. The molecule has 1 aliphatic rings. The maximum absolute atomic E-state index is 4.19. The summed E-state index contributed by atoms with van der Waals surface area (Å²) in [5.74, 6) is 0.935. The first kappa shape index (κ1) is 10.7. The van der Waals surface area contributed by atoms with Crippen molar-refractivity contribution in [3.05, 3.63) is 42.2 Å². The van der Waals surface area contributed by atoms with Crippen LogP contribution in [0.1, 0.15) is 30.9 Å². The highest BCUT2D eigenvalue weighted by atomic mass is 14.9. The van der Waals surface area contributed by atoms with Crippen LogP contribution in [0.3, 0.4) is 0 Å². The van der Waals surface area contributed by atoms with Gasteiger partial charge in [-0.25, -0.2) is 0 Å². The van der Waals surface area contributed by atoms with Gasteiger partial charge in [0.1, 0.15) is 0 Å². The molecule has 17 heavy (non-hydrogen) atoms. The third-order valence-electron chi connectivity index (χ3n) is 3.70. The molecule has 3 rings (SSSR count). The molecule has 1 aromatic carbocycles. The number of hydrogen-bond acceptors (Lipinski definition) is 2. The molecule has 0 aliphatic heterocycles. The lowest BCUT2D eigenvalue weighted by atomic mass is 9.96. The van der Waals surface area contributed by atoms with E-state index in [1.807, 2.05) is 12.4 Å². The first-order chi connectivity index (χ1) is 8.38. The highest BCUT2D eigenvalue weighted by Gasteiger charge is 2.26. The zero-order valence-corrected chi connectivity index (χ0v) is 10.2. The molecule has 0 spiro atoms. The summed E-state index contributed by atoms with van der Waals surface area (Å²) in [6, 6.07) is 9.12. The van der Waals surface area contributed by atoms with Crippen molar-refractivity contribution in [3.8, 4) is 0 Å². The summed E-state index contributed by atoms with van der Waals surface area (Å²) in [6.07, 6.45) is 7.91. The number of pyridine rings is 1. The summed E-state index contributed by atoms with van der Waals surface area (Å²) in [7, 11) is 2.06. The van der Waals surface area contributed by atoms with E-state index in [0.717, 1.165) is 5.92 Å². The van der Waals surface area contributed by atoms with Gasteiger partial charge in [-0.3, -0.25) is 4.98 Å². The minimum atomic E-state index is 0.480. The average Bonchev–Trinajstić information content (AvgIpc) is 3.19. The van der Waals surface area contributed by atoms with Gasteiger partial charge in [-0.1, -0.05) is 31.0 Å². The van der Waals surface area contributed by atoms with Gasteiger partial charge >= 0.3 is 0 Å². The van der Waals surface area contributed by atoms with Crippen LogP contribution in [0.15, 0.2) is 36.7 Å². The summed E-state index contributed by atoms with van der Waals surface area (Å²) in [5.41, 5.74) is 1.42. The van der Waals surface area contributed by atoms with Crippen LogP contribution in [0.2, 0.25) is 0 Å². The Morgan fingerprint density at radius 1 is 1.35 bits per heavy atom. The fraction of sp³-hybridized carbons (Fsp3) is 0.400. The minimum absolute atomic E-state index is 0.480. The van der Waals surface area contributed by atoms with E-state index in [1.54, 1.807) is 0 Å². The topological polar surface area (TPSA) is 24.9 Å². The maximum atomic E-state index is 4.19. The van der Waals surface area contributed by atoms with E-state index in [4.69, 9.17) is 0 Å². The summed E-state index contributed by atoms with van der Waals surface area (Å²) < 4.78 is 0. The lowest BCUT2D eigenvalue weighted by Crippen LogP contribution is -2.17. The van der Waals surface area contributed by atoms with E-state index in [-0.39, 0.29) is 0 Å². The van der Waals surface area contributed by atoms with Gasteiger partial charge in [0.05, 0.1) is 0 Å². The highest BCUT2D eigenvalue weighted by Crippen LogP contribution is 2.38. The van der Waals surface area contributed by atoms with Crippen molar-refractivity contribution >= 4 is 10.8 Å². The van der Waals surface area contributed by atoms with Crippen molar-refractivity contribution in [1.82, 2.24) is 10.3 Å². The number of hydrogen-bond donors (Lipinski definition) is 1. The van der Waals surface area contributed by atoms with Crippen LogP contribution in [0.25, 0.3) is 10.8 Å². The second-order valence-corrected chi connectivity index (χ2v) is 4.96. The summed E-state index contributed by atoms with van der Waals surface area (Å²) in [6.45, 7) is 0. The van der Waals surface area contributed by atoms with Crippen molar-refractivity contribution in [2.24, 2.45) is 5.92 Å². The second-order valence-electron chi connectivity index (χ2n) is 4.96. The van der Waals surface area contributed by atoms with E-state index in [1.165, 1.54) is 35.6 Å². The SMILES string of the molecule is CNC(CC1CC1)c1cccc2cnccc12. The van der Waals surface area contributed by atoms with Gasteiger partial charge in [-0.2, -0.15) is 0 Å². The molecule has 88 valence electrons. The highest BCUT2D eigenvalue weighted by molar-refractivity contribution is 5.85. The molecule has 2 heteroatoms. The first-order valence-electron chi connectivity index (χ1n) is 6.38. The normalized spacial score (nSPS) is 17.2. The van der Waals surface area contributed by atoms with E-state index in [9.17, 15) is 0 Å². The number of nitrogens with zero attached hydrogens (tertiary/aromatic N) is 1. The Morgan fingerprint density at radius 2 is 2.24 bits per heavy atom. The largest absolute Gasteiger partial charge is 0.313 e. The van der Waals surface area contributed by atoms with Crippen LogP contribution in [0, 0.1) is 5.92 Å². The van der Waals surface area contributed by atoms with Crippen LogP contribution in [-0.2, 0) is 0 Å². The number of rotatable bonds is 4. The summed E-state index contributed by atoms with van der Waals surface area (Å²) >= 11 is 0. The van der Waals surface area contributed by atoms with Crippen molar-refractivity contribution in [1.29, 1.82) is 0 Å². The molecule has 2 nitrogen and oxygen atoms in total. The smallest absolute Gasteiger partial charge is 0.0346 e. The maximum Gasteiger partial charge on any atom is 0.0346 e. The molecule has 0 amide bonds. The molecule has 1 N–H and O–H groups in total. The third kappa shape index (κ3) is 2.18. The minimum Gasteiger partial charge on any atom is -0.313 e. The van der Waals surface area contributed by atoms with Gasteiger partial charge in [0, 0.05) is 23.8 Å². The molecule has 1 saturated carbocycles. The lowest BCUT2D eigenvalue weighted by molar-refractivity contribution is 0.517. The Morgan fingerprint density at radius 3 is 3.00 bits per heavy atom. The molecule has 1 aromatic heterocycles. The number of nitrogens with one attached hydrogen (secondary N) is 1. The van der Waals surface area contributed by atoms with Crippen LogP contribution in [0.5, 0.6) is 0 Å². The predicted octanol–water partition coefficient (Wildman–Crippen LogP) is 3.30. The fourth-order valence-electron chi connectivity index (χ4n) is 2.54. The molecule has 1 unspecified atom stereocenters. The Kier molecular flexibility index (Phi) is 2.81. The molecular weight excluding hydrogens is 208 g/mol. The van der Waals surface area contributed by atoms with Crippen molar-refractivity contribution < 1.29 is 0 Å². The quantitative estimate of drug-likeness (QED) is 0.865. The third-order valence-corrected chi connectivity index (χ3v) is 3.70. The fourth-order valence-corrected chi connectivity index (χ4v) is 2.54. The van der Waals surface area contributed by atoms with Crippen LogP contribution in [-0.4, -0.2) is 12.0 Å². The lowest BCUT2D eigenvalue weighted by Gasteiger charge is -2.18. The monoisotopic (exact) mass is 226 g/mol. The molecule has 0 saturated heterocycles. The van der Waals surface area contributed by atoms with Gasteiger partial charge in [-0.05, 0) is 36.4 Å². The molecule has 1 atom stereocenters. The first-order valence-corrected chi connectivity index (χ1v) is 6.38. The predicted molar refractivity (Wildman–Crippen MR) is 70.9 cm³/mol. The van der Waals surface area contributed by atoms with Gasteiger partial charge in [0.25, 0.3) is 0 Å². The summed E-state index contributed by atoms with van der Waals surface area (Å²) in [5, 5.41) is 6.03. The van der Waals surface area contributed by atoms with E-state index in [0.29, 0.717) is 6.04 Å². The van der Waals surface area contributed by atoms with E-state index < -0.39 is 0 Å². The van der Waals surface area contributed by atoms with Crippen molar-refractivity contribution in [2.45, 2.75) is 25.3 Å². The molecule has 1 fully saturated rings. The number of aromatic nitrogens is 1. The van der Waals surface area contributed by atoms with Crippen molar-refractivity contribution in [3.63, 3.8) is 0 Å². The van der Waals surface area contributed by atoms with Crippen LogP contribution in [0.4, 0.5) is 0 Å². The molecular formula is C15H18N2. The molecule has 0 bridgehead atoms. The van der Waals surface area contributed by atoms with Gasteiger partial charge < -0.3 is 5.32 Å². The zero-order valence-electron chi connectivity index (χ0n) is 10.2.